The van der Waals surface area contributed by atoms with Gasteiger partial charge in [0.25, 0.3) is 5.91 Å². The number of fused-ring (bicyclic) bond motifs is 1. The number of carbonyl (C=O) groups is 1. The van der Waals surface area contributed by atoms with E-state index in [0.29, 0.717) is 0 Å². The fourth-order valence-corrected chi connectivity index (χ4v) is 3.88. The van der Waals surface area contributed by atoms with Crippen LogP contribution in [0.1, 0.15) is 16.6 Å². The first-order chi connectivity index (χ1) is 15.2. The largest absolute Gasteiger partial charge is 0.507 e. The predicted molar refractivity (Wildman–Crippen MR) is 106 cm³/mol. The van der Waals surface area contributed by atoms with Crippen molar-refractivity contribution in [2.24, 2.45) is 0 Å². The summed E-state index contributed by atoms with van der Waals surface area (Å²) in [7, 11) is -4.63. The molecule has 1 saturated heterocycles. The van der Waals surface area contributed by atoms with E-state index in [4.69, 9.17) is 14.7 Å². The minimum Gasteiger partial charge on any atom is -0.507 e. The van der Waals surface area contributed by atoms with Gasteiger partial charge in [0.05, 0.1) is 18.5 Å². The van der Waals surface area contributed by atoms with Crippen LogP contribution in [0, 0.1) is 0 Å². The van der Waals surface area contributed by atoms with Crippen molar-refractivity contribution in [3.8, 4) is 5.75 Å². The van der Waals surface area contributed by atoms with E-state index < -0.39 is 53.1 Å². The molecule has 1 amide bonds. The Morgan fingerprint density at radius 3 is 2.72 bits per heavy atom. The third-order valence-electron chi connectivity index (χ3n) is 4.75. The van der Waals surface area contributed by atoms with E-state index >= 15 is 0 Å². The van der Waals surface area contributed by atoms with Gasteiger partial charge in [-0.3, -0.25) is 13.5 Å². The second kappa shape index (κ2) is 8.29. The van der Waals surface area contributed by atoms with Gasteiger partial charge < -0.3 is 25.8 Å². The number of benzene rings is 1. The Balaban J connectivity index is 1.44. The Hall–Kier alpha value is -3.37. The number of nitrogens with two attached hydrogens (primary N) is 1. The average Bonchev–Trinajstić information content (AvgIpc) is 3.29. The van der Waals surface area contributed by atoms with Crippen LogP contribution < -0.4 is 10.5 Å². The van der Waals surface area contributed by atoms with Crippen LogP contribution >= 0.6 is 0 Å². The lowest BCUT2D eigenvalue weighted by Crippen LogP contribution is -2.37. The van der Waals surface area contributed by atoms with Crippen molar-refractivity contribution in [1.29, 1.82) is 0 Å². The number of rotatable bonds is 6. The molecule has 3 heterocycles. The number of aliphatic hydroxyl groups excluding tert-OH is 2. The molecule has 6 N–H and O–H groups in total. The first-order valence-electron chi connectivity index (χ1n) is 9.12. The van der Waals surface area contributed by atoms with E-state index in [1.165, 1.54) is 41.5 Å². The van der Waals surface area contributed by atoms with Crippen molar-refractivity contribution < 1.29 is 37.5 Å². The van der Waals surface area contributed by atoms with Gasteiger partial charge in [-0.15, -0.1) is 0 Å². The lowest BCUT2D eigenvalue weighted by atomic mass is 10.1. The molecular formula is C17H18N6O8S. The number of phenolic OH excluding ortho intramolecular Hbond substituents is 1. The first kappa shape index (κ1) is 21.8. The second-order valence-corrected chi connectivity index (χ2v) is 8.16. The lowest BCUT2D eigenvalue weighted by molar-refractivity contribution is -0.0468. The van der Waals surface area contributed by atoms with Crippen molar-refractivity contribution in [3.63, 3.8) is 0 Å². The summed E-state index contributed by atoms with van der Waals surface area (Å²) in [6.07, 6.45) is -2.98. The van der Waals surface area contributed by atoms with Gasteiger partial charge >= 0.3 is 10.3 Å². The highest BCUT2D eigenvalue weighted by atomic mass is 32.2. The summed E-state index contributed by atoms with van der Waals surface area (Å²) in [5.41, 5.74) is 5.94. The summed E-state index contributed by atoms with van der Waals surface area (Å²) in [4.78, 5) is 23.9. The number of carbonyl (C=O) groups excluding carboxylic acids is 1. The van der Waals surface area contributed by atoms with Gasteiger partial charge in [0.15, 0.2) is 17.7 Å². The van der Waals surface area contributed by atoms with Crippen LogP contribution in [0.2, 0.25) is 0 Å². The zero-order valence-electron chi connectivity index (χ0n) is 16.1. The van der Waals surface area contributed by atoms with Crippen LogP contribution in [0.4, 0.5) is 5.82 Å². The smallest absolute Gasteiger partial charge is 0.362 e. The Kier molecular flexibility index (Phi) is 5.66. The third kappa shape index (κ3) is 4.06. The minimum absolute atomic E-state index is 0.105. The van der Waals surface area contributed by atoms with Gasteiger partial charge in [-0.25, -0.2) is 19.7 Å². The number of phenols is 1. The highest BCUT2D eigenvalue weighted by Gasteiger charge is 2.45. The number of nitrogens with zero attached hydrogens (tertiary/aromatic N) is 4. The topological polar surface area (TPSA) is 212 Å². The maximum absolute atomic E-state index is 12.1. The van der Waals surface area contributed by atoms with Crippen molar-refractivity contribution in [3.05, 3.63) is 42.5 Å². The number of aromatic hydroxyl groups is 1. The van der Waals surface area contributed by atoms with Gasteiger partial charge in [0.2, 0.25) is 0 Å². The van der Waals surface area contributed by atoms with E-state index in [0.717, 1.165) is 0 Å². The molecule has 0 spiro atoms. The number of amides is 1. The van der Waals surface area contributed by atoms with Crippen LogP contribution in [0.5, 0.6) is 5.75 Å². The van der Waals surface area contributed by atoms with E-state index in [1.54, 1.807) is 4.72 Å². The standard InChI is InChI=1S/C17H18N6O8S/c18-14-11-15(20-6-19-14)23(7-21-11)17-13(26)12(25)10(31-17)5-30-32(28,29)22-16(27)8-3-1-2-4-9(8)24/h1-4,6-7,10,12-13,17,24-26H,5H2,(H,22,27)(H2,18,19,20)/t10-,12-,13-,17-/m1/s1/i18+1,19+1,20+1,21+1,23+1. The highest BCUT2D eigenvalue weighted by molar-refractivity contribution is 7.85. The fourth-order valence-electron chi connectivity index (χ4n) is 3.17. The monoisotopic (exact) mass is 471 g/mol. The zero-order valence-corrected chi connectivity index (χ0v) is 17.0. The van der Waals surface area contributed by atoms with Crippen molar-refractivity contribution in [2.45, 2.75) is 24.5 Å². The predicted octanol–water partition coefficient (Wildman–Crippen LogP) is -1.58. The summed E-state index contributed by atoms with van der Waals surface area (Å²) >= 11 is 0. The van der Waals surface area contributed by atoms with Crippen LogP contribution in [0.15, 0.2) is 36.9 Å². The number of aliphatic hydroxyl groups is 2. The second-order valence-electron chi connectivity index (χ2n) is 6.82. The molecule has 4 atom stereocenters. The molecule has 1 aliphatic rings. The number of imidazole rings is 1. The third-order valence-corrected chi connectivity index (χ3v) is 5.63. The Morgan fingerprint density at radius 1 is 1.22 bits per heavy atom. The number of hydrogen-bond donors (Lipinski definition) is 5. The number of nitrogen functional groups attached to an aromatic ring is 1. The first-order valence-corrected chi connectivity index (χ1v) is 10.5. The van der Waals surface area contributed by atoms with Crippen LogP contribution in [-0.4, -0.2) is 74.1 Å². The van der Waals surface area contributed by atoms with Crippen LogP contribution in [-0.2, 0) is 19.2 Å². The number of aromatic nitrogens is 4. The summed E-state index contributed by atoms with van der Waals surface area (Å²) in [5.74, 6) is -1.43. The number of nitrogens with one attached hydrogen (secondary N) is 1. The molecule has 1 fully saturated rings. The molecule has 170 valence electrons. The van der Waals surface area contributed by atoms with Gasteiger partial charge in [-0.05, 0) is 12.1 Å². The molecule has 32 heavy (non-hydrogen) atoms. The minimum atomic E-state index is -4.63. The maximum Gasteiger partial charge on any atom is 0.362 e. The molecule has 2 aromatic heterocycles. The van der Waals surface area contributed by atoms with Crippen molar-refractivity contribution >= 4 is 33.2 Å². The molecular weight excluding hydrogens is 453 g/mol. The molecule has 0 bridgehead atoms. The van der Waals surface area contributed by atoms with Gasteiger partial charge in [0.1, 0.15) is 35.9 Å². The van der Waals surface area contributed by atoms with E-state index in [9.17, 15) is 28.5 Å². The van der Waals surface area contributed by atoms with Gasteiger partial charge in [-0.2, -0.15) is 8.42 Å². The molecule has 14 nitrogen and oxygen atoms in total. The quantitative estimate of drug-likeness (QED) is 0.258. The zero-order chi connectivity index (χ0) is 23.0. The fraction of sp³-hybridized carbons (Fsp3) is 0.294. The molecule has 3 aromatic rings. The average molecular weight is 471 g/mol. The van der Waals surface area contributed by atoms with E-state index in [-0.39, 0.29) is 22.5 Å². The summed E-state index contributed by atoms with van der Waals surface area (Å²) < 4.78 is 37.5. The van der Waals surface area contributed by atoms with Gasteiger partial charge in [-0.1, -0.05) is 12.1 Å². The highest BCUT2D eigenvalue weighted by Crippen LogP contribution is 2.32. The summed E-state index contributed by atoms with van der Waals surface area (Å²) in [6, 6.07) is 5.33. The number of hydrogen-bond acceptors (Lipinski definition) is 12. The Bertz CT molecular complexity index is 1260. The van der Waals surface area contributed by atoms with E-state index in [1.807, 2.05) is 0 Å². The molecule has 4 rings (SSSR count). The van der Waals surface area contributed by atoms with Crippen molar-refractivity contribution in [2.75, 3.05) is 12.3 Å². The van der Waals surface area contributed by atoms with Crippen LogP contribution in [0.3, 0.4) is 0 Å². The SMILES string of the molecule is [15NH2]c1[15n]c[15n]c2c1[15n]c[15n]2[C@@H]1O[C@H](COS(=O)(=O)NC(=O)c2ccccc2O)[C@@H](O)[C@H]1O. The molecule has 0 unspecified atom stereocenters. The molecule has 0 aliphatic carbocycles. The molecule has 1 aliphatic heterocycles. The normalized spacial score (nSPS) is 23.4. The number of ether oxygens (including phenoxy) is 1. The maximum atomic E-state index is 12.1. The molecule has 0 saturated carbocycles. The summed E-state index contributed by atoms with van der Waals surface area (Å²) in [6.45, 7) is -0.720. The summed E-state index contributed by atoms with van der Waals surface area (Å²) in [5, 5.41) is 30.3. The van der Waals surface area contributed by atoms with Crippen molar-refractivity contribution in [1.82, 2.24) is 24.2 Å². The number of anilines is 1. The van der Waals surface area contributed by atoms with Crippen LogP contribution in [0.25, 0.3) is 11.2 Å². The molecule has 1 aromatic carbocycles. The van der Waals surface area contributed by atoms with Gasteiger partial charge in [0, 0.05) is 0 Å². The molecule has 0 radical (unpaired) electrons. The number of para-hydroxylation sites is 1. The molecule has 15 heteroatoms. The Labute approximate surface area is 180 Å². The van der Waals surface area contributed by atoms with E-state index in [2.05, 4.69) is 15.0 Å². The lowest BCUT2D eigenvalue weighted by Gasteiger charge is -2.16. The Morgan fingerprint density at radius 2 is 1.97 bits per heavy atom.